The van der Waals surface area contributed by atoms with Gasteiger partial charge in [-0.1, -0.05) is 12.1 Å². The van der Waals surface area contributed by atoms with Crippen molar-refractivity contribution in [3.05, 3.63) is 41.1 Å². The fourth-order valence-electron chi connectivity index (χ4n) is 2.65. The highest BCUT2D eigenvalue weighted by Gasteiger charge is 2.39. The van der Waals surface area contributed by atoms with Gasteiger partial charge in [-0.2, -0.15) is 5.26 Å². The average molecular weight is 298 g/mol. The molecule has 0 fully saturated rings. The van der Waals surface area contributed by atoms with E-state index in [9.17, 15) is 5.26 Å². The zero-order valence-corrected chi connectivity index (χ0v) is 12.5. The third-order valence-corrected chi connectivity index (χ3v) is 4.45. The highest BCUT2D eigenvalue weighted by Crippen LogP contribution is 2.42. The fraction of sp³-hybridized carbons (Fsp3) is 0.267. The Hall–Kier alpha value is -2.26. The molecule has 5 nitrogen and oxygen atoms in total. The number of nitrogens with one attached hydrogen (secondary N) is 2. The number of thioether (sulfide) groups is 1. The van der Waals surface area contributed by atoms with E-state index in [0.29, 0.717) is 5.88 Å². The monoisotopic (exact) mass is 298 g/mol. The SMILES string of the molecule is CSc1ccc(C2c3c(n[nH]c3C)OC(=N)C2C#N)cc1. The normalized spacial score (nSPS) is 20.5. The third-order valence-electron chi connectivity index (χ3n) is 3.71. The molecule has 1 aromatic heterocycles. The quantitative estimate of drug-likeness (QED) is 0.834. The Morgan fingerprint density at radius 2 is 2.10 bits per heavy atom. The second-order valence-corrected chi connectivity index (χ2v) is 5.77. The van der Waals surface area contributed by atoms with E-state index in [4.69, 9.17) is 10.1 Å². The molecule has 1 aliphatic rings. The van der Waals surface area contributed by atoms with Gasteiger partial charge in [0, 0.05) is 22.1 Å². The van der Waals surface area contributed by atoms with Crippen LogP contribution in [0.3, 0.4) is 0 Å². The van der Waals surface area contributed by atoms with E-state index >= 15 is 0 Å². The van der Waals surface area contributed by atoms with Gasteiger partial charge < -0.3 is 4.74 Å². The summed E-state index contributed by atoms with van der Waals surface area (Å²) in [7, 11) is 0. The van der Waals surface area contributed by atoms with Gasteiger partial charge in [0.25, 0.3) is 0 Å². The Bertz CT molecular complexity index is 729. The Balaban J connectivity index is 2.14. The summed E-state index contributed by atoms with van der Waals surface area (Å²) in [6.45, 7) is 1.90. The van der Waals surface area contributed by atoms with E-state index in [1.54, 1.807) is 11.8 Å². The van der Waals surface area contributed by atoms with E-state index < -0.39 is 5.92 Å². The van der Waals surface area contributed by atoms with E-state index in [-0.39, 0.29) is 11.8 Å². The molecule has 0 bridgehead atoms. The lowest BCUT2D eigenvalue weighted by molar-refractivity contribution is 0.436. The molecule has 2 atom stereocenters. The molecule has 1 aliphatic heterocycles. The van der Waals surface area contributed by atoms with E-state index in [2.05, 4.69) is 16.3 Å². The van der Waals surface area contributed by atoms with Crippen LogP contribution in [0.2, 0.25) is 0 Å². The van der Waals surface area contributed by atoms with Crippen molar-refractivity contribution in [1.29, 1.82) is 10.7 Å². The summed E-state index contributed by atoms with van der Waals surface area (Å²) in [5.41, 5.74) is 2.74. The summed E-state index contributed by atoms with van der Waals surface area (Å²) in [6, 6.07) is 10.3. The number of H-pyrrole nitrogens is 1. The molecule has 3 rings (SSSR count). The summed E-state index contributed by atoms with van der Waals surface area (Å²) in [5.74, 6) is -0.492. The summed E-state index contributed by atoms with van der Waals surface area (Å²) >= 11 is 1.67. The van der Waals surface area contributed by atoms with Crippen molar-refractivity contribution in [2.75, 3.05) is 6.26 Å². The largest absolute Gasteiger partial charge is 0.422 e. The van der Waals surface area contributed by atoms with Crippen molar-refractivity contribution in [3.8, 4) is 11.9 Å². The Kier molecular flexibility index (Phi) is 3.43. The molecule has 2 unspecified atom stereocenters. The number of nitriles is 1. The topological polar surface area (TPSA) is 85.5 Å². The minimum atomic E-state index is -0.631. The molecule has 21 heavy (non-hydrogen) atoms. The number of ether oxygens (including phenoxy) is 1. The van der Waals surface area contributed by atoms with Crippen LogP contribution in [0.5, 0.6) is 5.88 Å². The van der Waals surface area contributed by atoms with Crippen LogP contribution in [0.1, 0.15) is 22.7 Å². The minimum Gasteiger partial charge on any atom is -0.422 e. The second kappa shape index (κ2) is 5.26. The smallest absolute Gasteiger partial charge is 0.243 e. The molecule has 0 spiro atoms. The first-order chi connectivity index (χ1) is 10.2. The summed E-state index contributed by atoms with van der Waals surface area (Å²) in [4.78, 5) is 1.17. The van der Waals surface area contributed by atoms with Crippen LogP contribution in [-0.4, -0.2) is 22.4 Å². The summed E-state index contributed by atoms with van der Waals surface area (Å²) in [6.07, 6.45) is 2.02. The summed E-state index contributed by atoms with van der Waals surface area (Å²) in [5, 5.41) is 24.3. The van der Waals surface area contributed by atoms with Gasteiger partial charge >= 0.3 is 0 Å². The molecule has 0 radical (unpaired) electrons. The highest BCUT2D eigenvalue weighted by atomic mass is 32.2. The van der Waals surface area contributed by atoms with Crippen molar-refractivity contribution >= 4 is 17.7 Å². The average Bonchev–Trinajstić information content (AvgIpc) is 2.87. The maximum Gasteiger partial charge on any atom is 0.243 e. The summed E-state index contributed by atoms with van der Waals surface area (Å²) < 4.78 is 5.37. The van der Waals surface area contributed by atoms with Gasteiger partial charge in [-0.15, -0.1) is 16.9 Å². The highest BCUT2D eigenvalue weighted by molar-refractivity contribution is 7.98. The molecule has 2 aromatic rings. The van der Waals surface area contributed by atoms with Crippen LogP contribution in [0.4, 0.5) is 0 Å². The lowest BCUT2D eigenvalue weighted by Crippen LogP contribution is -2.30. The molecule has 0 saturated heterocycles. The molecular weight excluding hydrogens is 284 g/mol. The minimum absolute atomic E-state index is 0.0459. The number of benzene rings is 1. The molecule has 0 amide bonds. The standard InChI is InChI=1S/C15H14N4OS/c1-8-12-13(9-3-5-10(21-2)6-4-9)11(7-16)14(17)20-15(12)19-18-8/h3-6,11,13,17H,1-2H3,(H,18,19). The van der Waals surface area contributed by atoms with Gasteiger partial charge in [-0.3, -0.25) is 10.5 Å². The Morgan fingerprint density at radius 1 is 1.38 bits per heavy atom. The van der Waals surface area contributed by atoms with Gasteiger partial charge in [-0.05, 0) is 30.9 Å². The first-order valence-electron chi connectivity index (χ1n) is 6.50. The van der Waals surface area contributed by atoms with Gasteiger partial charge in [-0.25, -0.2) is 0 Å². The Labute approximate surface area is 126 Å². The van der Waals surface area contributed by atoms with Crippen LogP contribution >= 0.6 is 11.8 Å². The van der Waals surface area contributed by atoms with Crippen molar-refractivity contribution in [2.45, 2.75) is 17.7 Å². The van der Waals surface area contributed by atoms with Gasteiger partial charge in [0.2, 0.25) is 11.8 Å². The maximum absolute atomic E-state index is 9.44. The predicted molar refractivity (Wildman–Crippen MR) is 80.8 cm³/mol. The maximum atomic E-state index is 9.44. The molecule has 0 aliphatic carbocycles. The number of aromatic nitrogens is 2. The zero-order chi connectivity index (χ0) is 15.0. The van der Waals surface area contributed by atoms with E-state index in [1.165, 1.54) is 4.90 Å². The number of nitrogens with zero attached hydrogens (tertiary/aromatic N) is 2. The van der Waals surface area contributed by atoms with Crippen molar-refractivity contribution in [2.24, 2.45) is 5.92 Å². The number of hydrogen-bond donors (Lipinski definition) is 2. The van der Waals surface area contributed by atoms with Crippen LogP contribution in [0, 0.1) is 29.6 Å². The first kappa shape index (κ1) is 13.7. The molecule has 106 valence electrons. The lowest BCUT2D eigenvalue weighted by atomic mass is 9.80. The van der Waals surface area contributed by atoms with Crippen LogP contribution in [-0.2, 0) is 0 Å². The number of hydrogen-bond acceptors (Lipinski definition) is 5. The molecule has 2 N–H and O–H groups in total. The van der Waals surface area contributed by atoms with Crippen LogP contribution in [0.25, 0.3) is 0 Å². The zero-order valence-electron chi connectivity index (χ0n) is 11.7. The van der Waals surface area contributed by atoms with E-state index in [0.717, 1.165) is 16.8 Å². The van der Waals surface area contributed by atoms with Gasteiger partial charge in [0.1, 0.15) is 5.92 Å². The first-order valence-corrected chi connectivity index (χ1v) is 7.73. The van der Waals surface area contributed by atoms with Crippen molar-refractivity contribution in [1.82, 2.24) is 10.2 Å². The fourth-order valence-corrected chi connectivity index (χ4v) is 3.06. The van der Waals surface area contributed by atoms with Crippen LogP contribution in [0.15, 0.2) is 29.2 Å². The predicted octanol–water partition coefficient (Wildman–Crippen LogP) is 3.08. The molecule has 0 saturated carbocycles. The number of aryl methyl sites for hydroxylation is 1. The van der Waals surface area contributed by atoms with Crippen molar-refractivity contribution < 1.29 is 4.74 Å². The Morgan fingerprint density at radius 3 is 2.71 bits per heavy atom. The number of aromatic amines is 1. The lowest BCUT2D eigenvalue weighted by Gasteiger charge is -2.27. The van der Waals surface area contributed by atoms with Crippen molar-refractivity contribution in [3.63, 3.8) is 0 Å². The second-order valence-electron chi connectivity index (χ2n) is 4.89. The number of fused-ring (bicyclic) bond motifs is 1. The van der Waals surface area contributed by atoms with E-state index in [1.807, 2.05) is 37.4 Å². The molecule has 6 heteroatoms. The number of rotatable bonds is 2. The van der Waals surface area contributed by atoms with Crippen LogP contribution < -0.4 is 4.74 Å². The van der Waals surface area contributed by atoms with Gasteiger partial charge in [0.05, 0.1) is 6.07 Å². The molecule has 1 aromatic carbocycles. The third kappa shape index (κ3) is 2.20. The van der Waals surface area contributed by atoms with Gasteiger partial charge in [0.15, 0.2) is 0 Å². The molecular formula is C15H14N4OS. The molecule has 2 heterocycles.